The van der Waals surface area contributed by atoms with Crippen LogP contribution in [0.4, 0.5) is 0 Å². The molecule has 0 aromatic rings. The SMILES string of the molecule is CCCCCCCCCCCCCCCCCCCCCCC(CC)C(CC)N(CCC)CCC. The van der Waals surface area contributed by atoms with Crippen LogP contribution in [0.25, 0.3) is 0 Å². The van der Waals surface area contributed by atoms with E-state index >= 15 is 0 Å². The van der Waals surface area contributed by atoms with Crippen molar-refractivity contribution in [1.82, 2.24) is 4.90 Å². The largest absolute Gasteiger partial charge is 0.300 e. The molecule has 1 nitrogen and oxygen atoms in total. The molecule has 0 aliphatic carbocycles. The maximum Gasteiger partial charge on any atom is 0.0121 e. The van der Waals surface area contributed by atoms with Gasteiger partial charge < -0.3 is 4.90 Å². The van der Waals surface area contributed by atoms with E-state index in [1.807, 2.05) is 0 Å². The summed E-state index contributed by atoms with van der Waals surface area (Å²) in [5, 5.41) is 0. The van der Waals surface area contributed by atoms with Crippen LogP contribution in [0, 0.1) is 5.92 Å². The first-order valence-corrected chi connectivity index (χ1v) is 17.0. The Morgan fingerprint density at radius 3 is 1.00 bits per heavy atom. The van der Waals surface area contributed by atoms with E-state index in [0.717, 1.165) is 12.0 Å². The van der Waals surface area contributed by atoms with Gasteiger partial charge >= 0.3 is 0 Å². The zero-order valence-electron chi connectivity index (χ0n) is 25.7. The van der Waals surface area contributed by atoms with Gasteiger partial charge in [0.15, 0.2) is 0 Å². The highest BCUT2D eigenvalue weighted by molar-refractivity contribution is 4.78. The van der Waals surface area contributed by atoms with Gasteiger partial charge in [0, 0.05) is 6.04 Å². The lowest BCUT2D eigenvalue weighted by atomic mass is 9.88. The molecule has 0 N–H and O–H groups in total. The molecule has 0 saturated heterocycles. The minimum absolute atomic E-state index is 0.820. The van der Waals surface area contributed by atoms with Crippen molar-refractivity contribution >= 4 is 0 Å². The highest BCUT2D eigenvalue weighted by Crippen LogP contribution is 2.25. The molecule has 2 atom stereocenters. The van der Waals surface area contributed by atoms with Crippen molar-refractivity contribution in [1.29, 1.82) is 0 Å². The van der Waals surface area contributed by atoms with Gasteiger partial charge in [-0.15, -0.1) is 0 Å². The van der Waals surface area contributed by atoms with Gasteiger partial charge in [0.25, 0.3) is 0 Å². The van der Waals surface area contributed by atoms with Gasteiger partial charge in [-0.05, 0) is 44.7 Å². The predicted octanol–water partition coefficient (Wildman–Crippen LogP) is 12.1. The predicted molar refractivity (Wildman–Crippen MR) is 163 cm³/mol. The summed E-state index contributed by atoms with van der Waals surface area (Å²) in [7, 11) is 0. The molecule has 0 amide bonds. The lowest BCUT2D eigenvalue weighted by Crippen LogP contribution is -2.41. The Bertz CT molecular complexity index is 373. The summed E-state index contributed by atoms with van der Waals surface area (Å²) in [6.45, 7) is 14.4. The van der Waals surface area contributed by atoms with E-state index in [9.17, 15) is 0 Å². The first-order valence-electron chi connectivity index (χ1n) is 17.0. The summed E-state index contributed by atoms with van der Waals surface area (Å²) in [6, 6.07) is 0.820. The molecule has 0 fully saturated rings. The van der Waals surface area contributed by atoms with E-state index in [-0.39, 0.29) is 0 Å². The molecule has 212 valence electrons. The average Bonchev–Trinajstić information content (AvgIpc) is 2.87. The van der Waals surface area contributed by atoms with E-state index in [4.69, 9.17) is 0 Å². The van der Waals surface area contributed by atoms with Gasteiger partial charge in [-0.2, -0.15) is 0 Å². The van der Waals surface area contributed by atoms with Gasteiger partial charge in [0.1, 0.15) is 0 Å². The molecule has 0 radical (unpaired) electrons. The van der Waals surface area contributed by atoms with Crippen molar-refractivity contribution in [2.75, 3.05) is 13.1 Å². The molecule has 1 heteroatoms. The molecule has 35 heavy (non-hydrogen) atoms. The van der Waals surface area contributed by atoms with Crippen LogP contribution in [0.3, 0.4) is 0 Å². The second-order valence-electron chi connectivity index (χ2n) is 11.7. The third-order valence-electron chi connectivity index (χ3n) is 8.41. The van der Waals surface area contributed by atoms with E-state index < -0.39 is 0 Å². The third kappa shape index (κ3) is 21.7. The second-order valence-corrected chi connectivity index (χ2v) is 11.7. The Hall–Kier alpha value is -0.0400. The number of unbranched alkanes of at least 4 members (excludes halogenated alkanes) is 19. The van der Waals surface area contributed by atoms with E-state index in [1.54, 1.807) is 0 Å². The van der Waals surface area contributed by atoms with E-state index in [0.29, 0.717) is 0 Å². The molecule has 2 unspecified atom stereocenters. The monoisotopic (exact) mass is 494 g/mol. The Labute approximate surface area is 225 Å². The average molecular weight is 494 g/mol. The fourth-order valence-electron chi connectivity index (χ4n) is 6.24. The number of hydrogen-bond acceptors (Lipinski definition) is 1. The summed E-state index contributed by atoms with van der Waals surface area (Å²) in [4.78, 5) is 2.81. The van der Waals surface area contributed by atoms with Gasteiger partial charge in [0.2, 0.25) is 0 Å². The standard InChI is InChI=1S/C34H71N/c1-6-11-12-13-14-15-16-17-18-19-20-21-22-23-24-25-26-27-28-29-30-33(9-4)34(10-5)35(31-7-2)32-8-3/h33-34H,6-32H2,1-5H3. The smallest absolute Gasteiger partial charge is 0.0121 e. The van der Waals surface area contributed by atoms with Crippen molar-refractivity contribution in [2.24, 2.45) is 5.92 Å². The highest BCUT2D eigenvalue weighted by atomic mass is 15.2. The molecule has 0 saturated carbocycles. The van der Waals surface area contributed by atoms with Gasteiger partial charge in [0.05, 0.1) is 0 Å². The number of rotatable bonds is 29. The van der Waals surface area contributed by atoms with Crippen LogP contribution in [-0.4, -0.2) is 24.0 Å². The Morgan fingerprint density at radius 1 is 0.371 bits per heavy atom. The third-order valence-corrected chi connectivity index (χ3v) is 8.41. The van der Waals surface area contributed by atoms with Crippen molar-refractivity contribution in [3.8, 4) is 0 Å². The lowest BCUT2D eigenvalue weighted by molar-refractivity contribution is 0.125. The van der Waals surface area contributed by atoms with Crippen LogP contribution in [0.5, 0.6) is 0 Å². The molecule has 0 aromatic heterocycles. The number of hydrogen-bond donors (Lipinski definition) is 0. The first-order chi connectivity index (χ1) is 17.2. The van der Waals surface area contributed by atoms with Gasteiger partial charge in [-0.3, -0.25) is 0 Å². The normalized spacial score (nSPS) is 13.5. The highest BCUT2D eigenvalue weighted by Gasteiger charge is 2.23. The Morgan fingerprint density at radius 2 is 0.714 bits per heavy atom. The fourth-order valence-corrected chi connectivity index (χ4v) is 6.24. The van der Waals surface area contributed by atoms with E-state index in [1.165, 1.54) is 174 Å². The summed E-state index contributed by atoms with van der Waals surface area (Å²) in [5.74, 6) is 0.911. The summed E-state index contributed by atoms with van der Waals surface area (Å²) in [6.07, 6.45) is 36.2. The van der Waals surface area contributed by atoms with Crippen molar-refractivity contribution in [2.45, 2.75) is 201 Å². The molecular weight excluding hydrogens is 422 g/mol. The molecule has 0 aliphatic rings. The van der Waals surface area contributed by atoms with Crippen LogP contribution in [-0.2, 0) is 0 Å². The zero-order valence-corrected chi connectivity index (χ0v) is 25.7. The maximum absolute atomic E-state index is 2.81. The fraction of sp³-hybridized carbons (Fsp3) is 1.00. The van der Waals surface area contributed by atoms with Crippen molar-refractivity contribution in [3.63, 3.8) is 0 Å². The molecule has 0 aromatic carbocycles. The van der Waals surface area contributed by atoms with Crippen molar-refractivity contribution in [3.05, 3.63) is 0 Å². The second kappa shape index (κ2) is 28.5. The Balaban J connectivity index is 3.52. The van der Waals surface area contributed by atoms with Crippen LogP contribution >= 0.6 is 0 Å². The van der Waals surface area contributed by atoms with Gasteiger partial charge in [-0.1, -0.05) is 169 Å². The van der Waals surface area contributed by atoms with Gasteiger partial charge in [-0.25, -0.2) is 0 Å². The summed E-state index contributed by atoms with van der Waals surface area (Å²) < 4.78 is 0. The minimum atomic E-state index is 0.820. The molecule has 0 bridgehead atoms. The van der Waals surface area contributed by atoms with Crippen molar-refractivity contribution < 1.29 is 0 Å². The zero-order chi connectivity index (χ0) is 25.8. The molecule has 0 aliphatic heterocycles. The van der Waals surface area contributed by atoms with E-state index in [2.05, 4.69) is 39.5 Å². The summed E-state index contributed by atoms with van der Waals surface area (Å²) in [5.41, 5.74) is 0. The quantitative estimate of drug-likeness (QED) is 0.0936. The number of nitrogens with zero attached hydrogens (tertiary/aromatic N) is 1. The molecule has 0 rings (SSSR count). The van der Waals surface area contributed by atoms with Crippen LogP contribution < -0.4 is 0 Å². The molecular formula is C34H71N. The minimum Gasteiger partial charge on any atom is -0.300 e. The van der Waals surface area contributed by atoms with Crippen LogP contribution in [0.1, 0.15) is 195 Å². The maximum atomic E-state index is 2.81. The topological polar surface area (TPSA) is 3.24 Å². The van der Waals surface area contributed by atoms with Crippen LogP contribution in [0.2, 0.25) is 0 Å². The van der Waals surface area contributed by atoms with Crippen LogP contribution in [0.15, 0.2) is 0 Å². The summed E-state index contributed by atoms with van der Waals surface area (Å²) >= 11 is 0. The first kappa shape index (κ1) is 35.0. The lowest BCUT2D eigenvalue weighted by Gasteiger charge is -2.36. The molecule has 0 spiro atoms. The Kier molecular flexibility index (Phi) is 28.5. The molecule has 0 heterocycles.